The number of nitrogens with one attached hydrogen (secondary N) is 1. The van der Waals surface area contributed by atoms with Crippen LogP contribution in [0.5, 0.6) is 0 Å². The molecule has 1 aliphatic rings. The van der Waals surface area contributed by atoms with Crippen molar-refractivity contribution in [2.75, 3.05) is 0 Å². The Morgan fingerprint density at radius 3 is 2.25 bits per heavy atom. The maximum absolute atomic E-state index is 12.0. The van der Waals surface area contributed by atoms with Gasteiger partial charge in [0, 0.05) is 11.9 Å². The van der Waals surface area contributed by atoms with Crippen LogP contribution in [-0.2, 0) is 4.84 Å². The summed E-state index contributed by atoms with van der Waals surface area (Å²) in [5.74, 6) is -2.03. The first-order chi connectivity index (χ1) is 9.58. The molecule has 0 unspecified atom stereocenters. The molecule has 1 aromatic heterocycles. The lowest BCUT2D eigenvalue weighted by atomic mass is 10.1. The Balaban J connectivity index is 1.85. The van der Waals surface area contributed by atoms with E-state index >= 15 is 0 Å². The van der Waals surface area contributed by atoms with Gasteiger partial charge >= 0.3 is 5.97 Å². The van der Waals surface area contributed by atoms with Gasteiger partial charge in [-0.25, -0.2) is 4.79 Å². The van der Waals surface area contributed by atoms with Crippen LogP contribution in [0.1, 0.15) is 36.8 Å². The van der Waals surface area contributed by atoms with Gasteiger partial charge in [-0.1, -0.05) is 17.2 Å². The minimum absolute atomic E-state index is 0.232. The van der Waals surface area contributed by atoms with Crippen LogP contribution in [0.3, 0.4) is 0 Å². The number of imide groups is 1. The van der Waals surface area contributed by atoms with Gasteiger partial charge in [0.25, 0.3) is 11.8 Å². The number of aromatic nitrogens is 1. The third-order valence-electron chi connectivity index (χ3n) is 2.99. The van der Waals surface area contributed by atoms with Crippen LogP contribution in [0.25, 0.3) is 0 Å². The number of amides is 2. The molecule has 1 N–H and O–H groups in total. The molecule has 2 amide bonds. The Labute approximate surface area is 113 Å². The molecule has 6 nitrogen and oxygen atoms in total. The van der Waals surface area contributed by atoms with E-state index in [4.69, 9.17) is 4.84 Å². The van der Waals surface area contributed by atoms with Crippen LogP contribution in [-0.4, -0.2) is 27.8 Å². The van der Waals surface area contributed by atoms with Crippen molar-refractivity contribution in [1.82, 2.24) is 10.0 Å². The highest BCUT2D eigenvalue weighted by molar-refractivity contribution is 6.21. The molecule has 0 radical (unpaired) electrons. The summed E-state index contributed by atoms with van der Waals surface area (Å²) in [6.45, 7) is 1.78. The molecule has 0 aliphatic carbocycles. The number of benzene rings is 1. The van der Waals surface area contributed by atoms with Crippen molar-refractivity contribution in [3.05, 3.63) is 58.9 Å². The van der Waals surface area contributed by atoms with Gasteiger partial charge in [0.1, 0.15) is 0 Å². The molecule has 3 rings (SSSR count). The van der Waals surface area contributed by atoms with E-state index in [0.717, 1.165) is 5.69 Å². The van der Waals surface area contributed by atoms with Gasteiger partial charge in [-0.2, -0.15) is 0 Å². The van der Waals surface area contributed by atoms with Crippen LogP contribution in [0.4, 0.5) is 0 Å². The summed E-state index contributed by atoms with van der Waals surface area (Å²) in [5, 5.41) is 0.495. The molecule has 1 aromatic carbocycles. The number of hydrogen-bond acceptors (Lipinski definition) is 4. The fraction of sp³-hybridized carbons (Fsp3) is 0.0714. The van der Waals surface area contributed by atoms with Crippen molar-refractivity contribution < 1.29 is 19.2 Å². The van der Waals surface area contributed by atoms with E-state index in [1.807, 2.05) is 0 Å². The molecule has 6 heteroatoms. The second kappa shape index (κ2) is 4.34. The maximum atomic E-state index is 12.0. The van der Waals surface area contributed by atoms with E-state index in [1.165, 1.54) is 18.3 Å². The highest BCUT2D eigenvalue weighted by atomic mass is 16.7. The van der Waals surface area contributed by atoms with Crippen LogP contribution < -0.4 is 0 Å². The van der Waals surface area contributed by atoms with Gasteiger partial charge in [0.15, 0.2) is 0 Å². The van der Waals surface area contributed by atoms with Crippen molar-refractivity contribution in [3.8, 4) is 0 Å². The Morgan fingerprint density at radius 1 is 1.15 bits per heavy atom. The van der Waals surface area contributed by atoms with Gasteiger partial charge in [-0.05, 0) is 25.1 Å². The Kier molecular flexibility index (Phi) is 2.64. The Hall–Kier alpha value is -2.89. The molecule has 2 aromatic rings. The molecular weight excluding hydrogens is 260 g/mol. The third-order valence-corrected chi connectivity index (χ3v) is 2.99. The summed E-state index contributed by atoms with van der Waals surface area (Å²) in [7, 11) is 0. The average molecular weight is 270 g/mol. The number of aryl methyl sites for hydroxylation is 1. The predicted octanol–water partition coefficient (Wildman–Crippen LogP) is 1.69. The number of H-pyrrole nitrogens is 1. The summed E-state index contributed by atoms with van der Waals surface area (Å²) in [5.41, 5.74) is 1.49. The summed E-state index contributed by atoms with van der Waals surface area (Å²) < 4.78 is 0. The van der Waals surface area contributed by atoms with Gasteiger partial charge in [0.05, 0.1) is 16.7 Å². The zero-order valence-corrected chi connectivity index (χ0v) is 10.5. The fourth-order valence-electron chi connectivity index (χ4n) is 2.01. The van der Waals surface area contributed by atoms with Crippen LogP contribution in [0.15, 0.2) is 36.5 Å². The van der Waals surface area contributed by atoms with E-state index in [9.17, 15) is 14.4 Å². The van der Waals surface area contributed by atoms with Crippen LogP contribution in [0, 0.1) is 6.92 Å². The number of aromatic amines is 1. The predicted molar refractivity (Wildman–Crippen MR) is 67.9 cm³/mol. The normalized spacial score (nSPS) is 13.6. The number of carbonyl (C=O) groups is 3. The number of hydrogen-bond donors (Lipinski definition) is 1. The molecule has 0 bridgehead atoms. The molecule has 0 saturated carbocycles. The lowest BCUT2D eigenvalue weighted by molar-refractivity contribution is -0.0584. The van der Waals surface area contributed by atoms with Gasteiger partial charge in [-0.15, -0.1) is 0 Å². The Morgan fingerprint density at radius 2 is 1.75 bits per heavy atom. The topological polar surface area (TPSA) is 79.5 Å². The maximum Gasteiger partial charge on any atom is 0.365 e. The summed E-state index contributed by atoms with van der Waals surface area (Å²) in [6.07, 6.45) is 1.45. The van der Waals surface area contributed by atoms with E-state index in [2.05, 4.69) is 4.98 Å². The van der Waals surface area contributed by atoms with E-state index in [-0.39, 0.29) is 16.7 Å². The van der Waals surface area contributed by atoms with Crippen LogP contribution >= 0.6 is 0 Å². The first-order valence-electron chi connectivity index (χ1n) is 5.93. The number of carbonyl (C=O) groups excluding carboxylic acids is 3. The lowest BCUT2D eigenvalue weighted by Gasteiger charge is -2.11. The zero-order valence-electron chi connectivity index (χ0n) is 10.5. The van der Waals surface area contributed by atoms with Gasteiger partial charge in [-0.3, -0.25) is 9.59 Å². The third kappa shape index (κ3) is 1.78. The molecule has 0 fully saturated rings. The fourth-order valence-corrected chi connectivity index (χ4v) is 2.01. The average Bonchev–Trinajstić information content (AvgIpc) is 2.98. The van der Waals surface area contributed by atoms with Crippen LogP contribution in [0.2, 0.25) is 0 Å². The molecule has 100 valence electrons. The second-order valence-electron chi connectivity index (χ2n) is 4.40. The molecule has 0 saturated heterocycles. The summed E-state index contributed by atoms with van der Waals surface area (Å²) >= 11 is 0. The molecule has 0 atom stereocenters. The minimum Gasteiger partial charge on any atom is -0.364 e. The molecular formula is C14H10N2O4. The zero-order chi connectivity index (χ0) is 14.3. The quantitative estimate of drug-likeness (QED) is 0.842. The number of fused-ring (bicyclic) bond motifs is 1. The first kappa shape index (κ1) is 12.2. The van der Waals surface area contributed by atoms with Crippen molar-refractivity contribution in [3.63, 3.8) is 0 Å². The van der Waals surface area contributed by atoms with Gasteiger partial charge < -0.3 is 9.82 Å². The highest BCUT2D eigenvalue weighted by Crippen LogP contribution is 2.23. The summed E-state index contributed by atoms with van der Waals surface area (Å²) in [4.78, 5) is 43.6. The standard InChI is InChI=1S/C14H10N2O4/c1-8-6-9(7-15-8)14(19)20-16-12(17)10-4-2-3-5-11(10)13(16)18/h2-7,15H,1H3. The number of nitrogens with zero attached hydrogens (tertiary/aromatic N) is 1. The number of hydroxylamine groups is 2. The lowest BCUT2D eigenvalue weighted by Crippen LogP contribution is -2.32. The van der Waals surface area contributed by atoms with E-state index in [1.54, 1.807) is 25.1 Å². The van der Waals surface area contributed by atoms with E-state index < -0.39 is 17.8 Å². The van der Waals surface area contributed by atoms with Crippen molar-refractivity contribution in [1.29, 1.82) is 0 Å². The van der Waals surface area contributed by atoms with Crippen molar-refractivity contribution in [2.24, 2.45) is 0 Å². The van der Waals surface area contributed by atoms with Gasteiger partial charge in [0.2, 0.25) is 0 Å². The monoisotopic (exact) mass is 270 g/mol. The molecule has 1 aliphatic heterocycles. The smallest absolute Gasteiger partial charge is 0.364 e. The number of rotatable bonds is 2. The highest BCUT2D eigenvalue weighted by Gasteiger charge is 2.38. The summed E-state index contributed by atoms with van der Waals surface area (Å²) in [6, 6.07) is 7.89. The second-order valence-corrected chi connectivity index (χ2v) is 4.40. The van der Waals surface area contributed by atoms with Crippen molar-refractivity contribution in [2.45, 2.75) is 6.92 Å². The SMILES string of the molecule is Cc1cc(C(=O)ON2C(=O)c3ccccc3C2=O)c[nH]1. The largest absolute Gasteiger partial charge is 0.365 e. The molecule has 20 heavy (non-hydrogen) atoms. The molecule has 2 heterocycles. The first-order valence-corrected chi connectivity index (χ1v) is 5.93. The van der Waals surface area contributed by atoms with Crippen molar-refractivity contribution >= 4 is 17.8 Å². The van der Waals surface area contributed by atoms with E-state index in [0.29, 0.717) is 5.06 Å². The molecule has 0 spiro atoms. The Bertz CT molecular complexity index is 697. The minimum atomic E-state index is -0.760.